The number of carbonyl (C=O) groups excluding carboxylic acids is 6. The number of benzene rings is 1. The molecular formula is C39H60N8O7S. The molecule has 304 valence electrons. The number of aliphatic hydroxyl groups is 1. The molecule has 1 saturated heterocycles. The van der Waals surface area contributed by atoms with Crippen LogP contribution in [0.1, 0.15) is 112 Å². The Morgan fingerprint density at radius 2 is 1.64 bits per heavy atom. The first-order valence-electron chi connectivity index (χ1n) is 19.4. The van der Waals surface area contributed by atoms with Gasteiger partial charge < -0.3 is 43.1 Å². The minimum Gasteiger partial charge on any atom is -0.396 e. The molecule has 55 heavy (non-hydrogen) atoms. The molecule has 1 fully saturated rings. The SMILES string of the molecule is CC(=O)C[C@@H](CO)C(=O)N[C@@H](CCCCN)C(=O)C[C@@H](CC(C)C)C(=O)N[C@@H](CCCN=C(N)N)C(=O)c1nc2ccc(C(=O)CC3CCNCC3)cc2s1. The first kappa shape index (κ1) is 45.3. The lowest BCUT2D eigenvalue weighted by molar-refractivity contribution is -0.135. The summed E-state index contributed by atoms with van der Waals surface area (Å²) in [6.07, 6.45) is 4.29. The molecule has 4 atom stereocenters. The molecule has 2 aromatic rings. The molecule has 3 rings (SSSR count). The highest BCUT2D eigenvalue weighted by Crippen LogP contribution is 2.27. The van der Waals surface area contributed by atoms with Gasteiger partial charge in [0.1, 0.15) is 5.78 Å². The van der Waals surface area contributed by atoms with E-state index in [1.165, 1.54) is 6.92 Å². The van der Waals surface area contributed by atoms with Gasteiger partial charge in [0.15, 0.2) is 22.5 Å². The van der Waals surface area contributed by atoms with Crippen LogP contribution in [0, 0.1) is 23.7 Å². The van der Waals surface area contributed by atoms with Crippen LogP contribution in [-0.4, -0.2) is 95.9 Å². The topological polar surface area (TPSA) is 262 Å². The van der Waals surface area contributed by atoms with Crippen LogP contribution in [0.2, 0.25) is 0 Å². The van der Waals surface area contributed by atoms with Crippen molar-refractivity contribution in [2.45, 2.75) is 103 Å². The lowest BCUT2D eigenvalue weighted by Crippen LogP contribution is -2.47. The molecule has 1 aromatic heterocycles. The molecule has 16 heteroatoms. The fourth-order valence-electron chi connectivity index (χ4n) is 6.80. The Morgan fingerprint density at radius 1 is 0.964 bits per heavy atom. The molecule has 0 aliphatic carbocycles. The molecule has 0 saturated carbocycles. The van der Waals surface area contributed by atoms with Crippen molar-refractivity contribution in [2.75, 3.05) is 32.8 Å². The summed E-state index contributed by atoms with van der Waals surface area (Å²) in [4.78, 5) is 88.3. The highest BCUT2D eigenvalue weighted by molar-refractivity contribution is 7.20. The second-order valence-electron chi connectivity index (χ2n) is 15.0. The zero-order chi connectivity index (χ0) is 40.5. The average molecular weight is 785 g/mol. The predicted octanol–water partition coefficient (Wildman–Crippen LogP) is 2.41. The number of ketones is 4. The van der Waals surface area contributed by atoms with Crippen molar-refractivity contribution in [3.8, 4) is 0 Å². The third kappa shape index (κ3) is 15.1. The number of nitrogens with two attached hydrogens (primary N) is 3. The van der Waals surface area contributed by atoms with Crippen LogP contribution in [0.4, 0.5) is 0 Å². The maximum absolute atomic E-state index is 14.1. The first-order valence-corrected chi connectivity index (χ1v) is 20.2. The van der Waals surface area contributed by atoms with Crippen LogP contribution < -0.4 is 33.2 Å². The van der Waals surface area contributed by atoms with E-state index < -0.39 is 48.1 Å². The molecule has 0 bridgehead atoms. The lowest BCUT2D eigenvalue weighted by atomic mass is 9.88. The Balaban J connectivity index is 1.83. The van der Waals surface area contributed by atoms with Crippen LogP contribution >= 0.6 is 11.3 Å². The number of hydrogen-bond donors (Lipinski definition) is 7. The summed E-state index contributed by atoms with van der Waals surface area (Å²) in [6.45, 7) is 7.02. The van der Waals surface area contributed by atoms with E-state index in [0.717, 1.165) is 37.3 Å². The molecule has 2 heterocycles. The van der Waals surface area contributed by atoms with Gasteiger partial charge in [0.2, 0.25) is 17.6 Å². The monoisotopic (exact) mass is 784 g/mol. The van der Waals surface area contributed by atoms with E-state index >= 15 is 0 Å². The number of Topliss-reactive ketones (excluding diaryl/α,β-unsaturated/α-hetero) is 4. The maximum atomic E-state index is 14.1. The van der Waals surface area contributed by atoms with E-state index in [9.17, 15) is 33.9 Å². The number of hydrogen-bond acceptors (Lipinski definition) is 12. The third-order valence-electron chi connectivity index (χ3n) is 9.78. The Hall–Kier alpha value is -4.12. The van der Waals surface area contributed by atoms with Crippen molar-refractivity contribution < 1.29 is 33.9 Å². The number of guanidine groups is 1. The highest BCUT2D eigenvalue weighted by Gasteiger charge is 2.33. The number of aliphatic imine (C=N–C) groups is 1. The predicted molar refractivity (Wildman–Crippen MR) is 214 cm³/mol. The molecular weight excluding hydrogens is 725 g/mol. The maximum Gasteiger partial charge on any atom is 0.226 e. The third-order valence-corrected chi connectivity index (χ3v) is 10.8. The van der Waals surface area contributed by atoms with Gasteiger partial charge >= 0.3 is 0 Å². The largest absolute Gasteiger partial charge is 0.396 e. The van der Waals surface area contributed by atoms with Crippen LogP contribution in [0.15, 0.2) is 23.2 Å². The van der Waals surface area contributed by atoms with Crippen LogP contribution in [0.5, 0.6) is 0 Å². The Bertz CT molecular complexity index is 1650. The summed E-state index contributed by atoms with van der Waals surface area (Å²) in [5, 5.41) is 18.8. The van der Waals surface area contributed by atoms with E-state index in [1.54, 1.807) is 18.2 Å². The average Bonchev–Trinajstić information content (AvgIpc) is 3.57. The summed E-state index contributed by atoms with van der Waals surface area (Å²) in [6, 6.07) is 3.28. The van der Waals surface area contributed by atoms with Crippen molar-refractivity contribution in [1.82, 2.24) is 20.9 Å². The van der Waals surface area contributed by atoms with Crippen LogP contribution in [-0.2, 0) is 19.2 Å². The van der Waals surface area contributed by atoms with E-state index in [1.807, 2.05) is 13.8 Å². The van der Waals surface area contributed by atoms with Crippen LogP contribution in [0.3, 0.4) is 0 Å². The minimum atomic E-state index is -1.01. The van der Waals surface area contributed by atoms with Gasteiger partial charge in [-0.25, -0.2) is 4.98 Å². The van der Waals surface area contributed by atoms with E-state index in [-0.39, 0.29) is 66.5 Å². The molecule has 0 radical (unpaired) electrons. The van der Waals surface area contributed by atoms with Gasteiger partial charge in [0.25, 0.3) is 0 Å². The van der Waals surface area contributed by atoms with E-state index in [4.69, 9.17) is 17.2 Å². The number of thiazole rings is 1. The number of aromatic nitrogens is 1. The minimum absolute atomic E-state index is 0.00938. The molecule has 15 nitrogen and oxygen atoms in total. The first-order chi connectivity index (χ1) is 26.2. The van der Waals surface area contributed by atoms with Crippen molar-refractivity contribution in [3.05, 3.63) is 28.8 Å². The number of piperidine rings is 1. The van der Waals surface area contributed by atoms with Gasteiger partial charge in [0, 0.05) is 37.3 Å². The molecule has 2 amide bonds. The van der Waals surface area contributed by atoms with Crippen molar-refractivity contribution in [3.63, 3.8) is 0 Å². The van der Waals surface area contributed by atoms with Crippen LogP contribution in [0.25, 0.3) is 10.2 Å². The zero-order valence-electron chi connectivity index (χ0n) is 32.4. The quantitative estimate of drug-likeness (QED) is 0.0331. The van der Waals surface area contributed by atoms with Crippen molar-refractivity contribution >= 4 is 62.5 Å². The fourth-order valence-corrected chi connectivity index (χ4v) is 7.80. The number of unbranched alkanes of at least 4 members (excludes halogenated alkanes) is 1. The number of fused-ring (bicyclic) bond motifs is 1. The normalized spacial score (nSPS) is 15.5. The molecule has 1 aromatic carbocycles. The van der Waals surface area contributed by atoms with Gasteiger partial charge in [-0.1, -0.05) is 13.8 Å². The Kier molecular flexibility index (Phi) is 19.0. The van der Waals surface area contributed by atoms with Gasteiger partial charge in [-0.05, 0) is 108 Å². The Labute approximate surface area is 327 Å². The number of nitrogens with one attached hydrogen (secondary N) is 3. The zero-order valence-corrected chi connectivity index (χ0v) is 33.3. The fraction of sp³-hybridized carbons (Fsp3) is 0.641. The molecule has 0 spiro atoms. The van der Waals surface area contributed by atoms with Gasteiger partial charge in [-0.3, -0.25) is 29.0 Å². The second-order valence-corrected chi connectivity index (χ2v) is 16.1. The summed E-state index contributed by atoms with van der Waals surface area (Å²) < 4.78 is 0.683. The molecule has 1 aliphatic rings. The lowest BCUT2D eigenvalue weighted by Gasteiger charge is -2.25. The summed E-state index contributed by atoms with van der Waals surface area (Å²) in [7, 11) is 0. The second kappa shape index (κ2) is 23.1. The number of nitrogens with zero attached hydrogens (tertiary/aromatic N) is 2. The van der Waals surface area contributed by atoms with E-state index in [2.05, 4.69) is 25.9 Å². The Morgan fingerprint density at radius 3 is 2.27 bits per heavy atom. The summed E-state index contributed by atoms with van der Waals surface area (Å²) in [5.74, 6) is -3.71. The number of aliphatic hydroxyl groups excluding tert-OH is 1. The number of rotatable bonds is 25. The molecule has 0 unspecified atom stereocenters. The van der Waals surface area contributed by atoms with Gasteiger partial charge in [-0.15, -0.1) is 11.3 Å². The summed E-state index contributed by atoms with van der Waals surface area (Å²) in [5.41, 5.74) is 17.8. The molecule has 10 N–H and O–H groups in total. The summed E-state index contributed by atoms with van der Waals surface area (Å²) >= 11 is 1.16. The highest BCUT2D eigenvalue weighted by atomic mass is 32.1. The van der Waals surface area contributed by atoms with Crippen molar-refractivity contribution in [2.24, 2.45) is 45.9 Å². The van der Waals surface area contributed by atoms with Crippen molar-refractivity contribution in [1.29, 1.82) is 0 Å². The van der Waals surface area contributed by atoms with Gasteiger partial charge in [0.05, 0.1) is 34.8 Å². The number of carbonyl (C=O) groups is 6. The standard InChI is InChI=1S/C39H60N8O7S/c1-23(2)17-27(20-33(51)29(7-4-5-13-40)45-37(54)28(22-48)18-24(3)49)36(53)46-31(8-6-14-44-39(41)42)35(52)38-47-30-10-9-26(21-34(30)55-38)32(50)19-25-11-15-43-16-12-25/h9-10,21,23,25,27-29,31,43,48H,4-8,11-20,22,40H2,1-3H3,(H,45,54)(H,46,53)(H4,41,42,44)/t27-,28+,29+,31+/m1/s1. The van der Waals surface area contributed by atoms with Gasteiger partial charge in [-0.2, -0.15) is 0 Å². The smallest absolute Gasteiger partial charge is 0.226 e. The number of amides is 2. The molecule has 1 aliphatic heterocycles. The van der Waals surface area contributed by atoms with E-state index in [0.29, 0.717) is 60.3 Å².